The first kappa shape index (κ1) is 21.1. The van der Waals surface area contributed by atoms with E-state index in [4.69, 9.17) is 0 Å². The molecule has 1 spiro atoms. The largest absolute Gasteiger partial charge is 0.344 e. The molecule has 0 bridgehead atoms. The number of aryl methyl sites for hydroxylation is 1. The van der Waals surface area contributed by atoms with Crippen LogP contribution in [0.1, 0.15) is 80.5 Å². The van der Waals surface area contributed by atoms with Crippen LogP contribution in [0, 0.1) is 5.41 Å². The van der Waals surface area contributed by atoms with Crippen LogP contribution in [0.3, 0.4) is 0 Å². The number of piperidine rings is 1. The van der Waals surface area contributed by atoms with Crippen molar-refractivity contribution in [3.8, 4) is 0 Å². The van der Waals surface area contributed by atoms with Gasteiger partial charge in [0, 0.05) is 13.2 Å². The van der Waals surface area contributed by atoms with Gasteiger partial charge in [0.1, 0.15) is 5.69 Å². The van der Waals surface area contributed by atoms with Crippen molar-refractivity contribution in [3.63, 3.8) is 0 Å². The van der Waals surface area contributed by atoms with Crippen LogP contribution in [0.15, 0.2) is 36.5 Å². The van der Waals surface area contributed by atoms with Gasteiger partial charge in [0.25, 0.3) is 5.91 Å². The minimum Gasteiger partial charge on any atom is -0.344 e. The molecule has 2 heterocycles. The maximum absolute atomic E-state index is 12.8. The summed E-state index contributed by atoms with van der Waals surface area (Å²) in [4.78, 5) is 15.4. The molecule has 0 unspecified atom stereocenters. The summed E-state index contributed by atoms with van der Waals surface area (Å²) < 4.78 is 1.64. The van der Waals surface area contributed by atoms with E-state index < -0.39 is 0 Å². The standard InChI is InChI=1S/C25H36N4O/c1-24(2,3)12-16-29-17-13-25(14-18-29)11-9-21(19-7-5-6-8-20(19)25)27-23(30)22-10-15-26-28(22)4/h5-8,10,15,21H,9,11-14,16-18H2,1-4H3,(H,27,30)/t21-/m0/s1. The lowest BCUT2D eigenvalue weighted by Gasteiger charge is -2.47. The SMILES string of the molecule is Cn1nccc1C(=O)N[C@H]1CCC2(CCN(CCC(C)(C)C)CC2)c2ccccc21. The summed E-state index contributed by atoms with van der Waals surface area (Å²) in [6.45, 7) is 10.5. The lowest BCUT2D eigenvalue weighted by atomic mass is 9.63. The molecule has 1 saturated heterocycles. The Hall–Kier alpha value is -2.14. The number of hydrogen-bond acceptors (Lipinski definition) is 3. The average molecular weight is 409 g/mol. The van der Waals surface area contributed by atoms with Crippen LogP contribution in [0.25, 0.3) is 0 Å². The zero-order valence-corrected chi connectivity index (χ0v) is 18.9. The van der Waals surface area contributed by atoms with Gasteiger partial charge in [0.15, 0.2) is 0 Å². The van der Waals surface area contributed by atoms with Crippen molar-refractivity contribution in [2.75, 3.05) is 19.6 Å². The topological polar surface area (TPSA) is 50.2 Å². The van der Waals surface area contributed by atoms with Crippen LogP contribution in [0.4, 0.5) is 0 Å². The Balaban J connectivity index is 1.47. The molecule has 1 N–H and O–H groups in total. The second-order valence-corrected chi connectivity index (χ2v) is 10.4. The molecule has 2 aliphatic rings. The van der Waals surface area contributed by atoms with E-state index in [9.17, 15) is 4.79 Å². The van der Waals surface area contributed by atoms with Gasteiger partial charge < -0.3 is 10.2 Å². The molecule has 1 atom stereocenters. The average Bonchev–Trinajstić information content (AvgIpc) is 3.15. The number of likely N-dealkylation sites (tertiary alicyclic amines) is 1. The second-order valence-electron chi connectivity index (χ2n) is 10.4. The molecule has 4 rings (SSSR count). The minimum atomic E-state index is -0.0391. The molecule has 1 aromatic carbocycles. The third-order valence-corrected chi connectivity index (χ3v) is 7.17. The molecule has 162 valence electrons. The summed E-state index contributed by atoms with van der Waals surface area (Å²) in [7, 11) is 1.81. The predicted molar refractivity (Wildman–Crippen MR) is 121 cm³/mol. The van der Waals surface area contributed by atoms with Crippen LogP contribution >= 0.6 is 0 Å². The Kier molecular flexibility index (Phi) is 5.75. The highest BCUT2D eigenvalue weighted by Gasteiger charge is 2.42. The van der Waals surface area contributed by atoms with Gasteiger partial charge in [-0.05, 0) is 79.8 Å². The number of amides is 1. The lowest BCUT2D eigenvalue weighted by molar-refractivity contribution is 0.0905. The first-order chi connectivity index (χ1) is 14.3. The van der Waals surface area contributed by atoms with E-state index in [2.05, 4.69) is 60.4 Å². The number of benzene rings is 1. The molecule has 1 aromatic heterocycles. The highest BCUT2D eigenvalue weighted by Crippen LogP contribution is 2.48. The monoisotopic (exact) mass is 408 g/mol. The number of nitrogens with zero attached hydrogens (tertiary/aromatic N) is 3. The molecule has 1 amide bonds. The van der Waals surface area contributed by atoms with Crippen LogP contribution in [0.5, 0.6) is 0 Å². The highest BCUT2D eigenvalue weighted by molar-refractivity contribution is 5.92. The highest BCUT2D eigenvalue weighted by atomic mass is 16.2. The van der Waals surface area contributed by atoms with Crippen molar-refractivity contribution in [2.24, 2.45) is 12.5 Å². The van der Waals surface area contributed by atoms with E-state index in [-0.39, 0.29) is 17.4 Å². The fraction of sp³-hybridized carbons (Fsp3) is 0.600. The Morgan fingerprint density at radius 2 is 1.90 bits per heavy atom. The van der Waals surface area contributed by atoms with Gasteiger partial charge in [-0.3, -0.25) is 9.48 Å². The van der Waals surface area contributed by atoms with E-state index in [0.29, 0.717) is 11.1 Å². The zero-order valence-electron chi connectivity index (χ0n) is 18.9. The third kappa shape index (κ3) is 4.31. The summed E-state index contributed by atoms with van der Waals surface area (Å²) in [6.07, 6.45) is 7.51. The van der Waals surface area contributed by atoms with Crippen molar-refractivity contribution >= 4 is 5.91 Å². The molecule has 5 heteroatoms. The molecular weight excluding hydrogens is 372 g/mol. The van der Waals surface area contributed by atoms with Crippen LogP contribution < -0.4 is 5.32 Å². The first-order valence-electron chi connectivity index (χ1n) is 11.4. The van der Waals surface area contributed by atoms with E-state index in [1.165, 1.54) is 50.0 Å². The molecule has 0 saturated carbocycles. The molecule has 30 heavy (non-hydrogen) atoms. The summed E-state index contributed by atoms with van der Waals surface area (Å²) in [5.74, 6) is -0.0391. The van der Waals surface area contributed by atoms with Crippen LogP contribution in [-0.4, -0.2) is 40.2 Å². The van der Waals surface area contributed by atoms with E-state index in [1.54, 1.807) is 16.9 Å². The van der Waals surface area contributed by atoms with E-state index in [0.717, 1.165) is 12.8 Å². The summed E-state index contributed by atoms with van der Waals surface area (Å²) >= 11 is 0. The van der Waals surface area contributed by atoms with Crippen molar-refractivity contribution in [1.29, 1.82) is 0 Å². The maximum atomic E-state index is 12.8. The Morgan fingerprint density at radius 3 is 2.57 bits per heavy atom. The summed E-state index contributed by atoms with van der Waals surface area (Å²) in [6, 6.07) is 10.7. The van der Waals surface area contributed by atoms with Crippen molar-refractivity contribution in [1.82, 2.24) is 20.0 Å². The van der Waals surface area contributed by atoms with Crippen LogP contribution in [-0.2, 0) is 12.5 Å². The molecule has 1 fully saturated rings. The van der Waals surface area contributed by atoms with Gasteiger partial charge >= 0.3 is 0 Å². The third-order valence-electron chi connectivity index (χ3n) is 7.17. The molecule has 0 radical (unpaired) electrons. The lowest BCUT2D eigenvalue weighted by Crippen LogP contribution is -2.46. The van der Waals surface area contributed by atoms with Gasteiger partial charge in [-0.25, -0.2) is 0 Å². The summed E-state index contributed by atoms with van der Waals surface area (Å²) in [5.41, 5.74) is 4.04. The molecule has 1 aliphatic carbocycles. The number of aromatic nitrogens is 2. The smallest absolute Gasteiger partial charge is 0.270 e. The van der Waals surface area contributed by atoms with Crippen LogP contribution in [0.2, 0.25) is 0 Å². The number of carbonyl (C=O) groups is 1. The molecule has 1 aliphatic heterocycles. The quantitative estimate of drug-likeness (QED) is 0.813. The van der Waals surface area contributed by atoms with E-state index >= 15 is 0 Å². The van der Waals surface area contributed by atoms with Gasteiger partial charge in [-0.1, -0.05) is 45.0 Å². The minimum absolute atomic E-state index is 0.0391. The summed E-state index contributed by atoms with van der Waals surface area (Å²) in [5, 5.41) is 7.41. The van der Waals surface area contributed by atoms with Gasteiger partial charge in [-0.15, -0.1) is 0 Å². The Bertz CT molecular complexity index is 887. The van der Waals surface area contributed by atoms with Crippen molar-refractivity contribution < 1.29 is 4.79 Å². The normalized spacial score (nSPS) is 21.4. The molecular formula is C25H36N4O. The predicted octanol–water partition coefficient (Wildman–Crippen LogP) is 4.45. The first-order valence-corrected chi connectivity index (χ1v) is 11.4. The van der Waals surface area contributed by atoms with Crippen molar-refractivity contribution in [2.45, 2.75) is 64.3 Å². The zero-order chi connectivity index (χ0) is 21.4. The number of carbonyl (C=O) groups excluding carboxylic acids is 1. The second kappa shape index (κ2) is 8.18. The van der Waals surface area contributed by atoms with E-state index in [1.807, 2.05) is 7.05 Å². The fourth-order valence-corrected chi connectivity index (χ4v) is 5.19. The van der Waals surface area contributed by atoms with Crippen molar-refractivity contribution in [3.05, 3.63) is 53.3 Å². The maximum Gasteiger partial charge on any atom is 0.270 e. The number of fused-ring (bicyclic) bond motifs is 2. The Morgan fingerprint density at radius 1 is 1.17 bits per heavy atom. The van der Waals surface area contributed by atoms with Gasteiger partial charge in [0.2, 0.25) is 0 Å². The molecule has 2 aromatic rings. The van der Waals surface area contributed by atoms with Gasteiger partial charge in [0.05, 0.1) is 6.04 Å². The fourth-order valence-electron chi connectivity index (χ4n) is 5.19. The number of nitrogens with one attached hydrogen (secondary N) is 1. The van der Waals surface area contributed by atoms with Gasteiger partial charge in [-0.2, -0.15) is 5.10 Å². The number of rotatable bonds is 4. The molecule has 5 nitrogen and oxygen atoms in total. The number of hydrogen-bond donors (Lipinski definition) is 1. The Labute approximate surface area is 180 Å².